The van der Waals surface area contributed by atoms with Crippen molar-refractivity contribution >= 4 is 70.5 Å². The Bertz CT molecular complexity index is 3470. The molecule has 0 spiro atoms. The van der Waals surface area contributed by atoms with E-state index in [1.54, 1.807) is 68.8 Å². The minimum Gasteiger partial charge on any atom is -0.420 e. The quantitative estimate of drug-likeness (QED) is 0.0116. The topological polar surface area (TPSA) is 303 Å². The summed E-state index contributed by atoms with van der Waals surface area (Å²) < 4.78 is 74.5. The zero-order valence-electron chi connectivity index (χ0n) is 64.8. The van der Waals surface area contributed by atoms with E-state index in [2.05, 4.69) is 21.3 Å². The Morgan fingerprint density at radius 3 is 1.87 bits per heavy atom. The third kappa shape index (κ3) is 24.4. The first-order valence-electron chi connectivity index (χ1n) is 37.2. The predicted molar refractivity (Wildman–Crippen MR) is 393 cm³/mol. The number of nitrogens with zero attached hydrogens (tertiary/aromatic N) is 4. The van der Waals surface area contributed by atoms with Gasteiger partial charge >= 0.3 is 12.0 Å². The fraction of sp³-hybridized carbons (Fsp3) is 0.633. The second-order valence-corrected chi connectivity index (χ2v) is 30.2. The van der Waals surface area contributed by atoms with Crippen molar-refractivity contribution in [3.63, 3.8) is 0 Å². The van der Waals surface area contributed by atoms with Gasteiger partial charge in [0.25, 0.3) is 0 Å². The highest BCUT2D eigenvalue weighted by Crippen LogP contribution is 2.35. The molecule has 5 rings (SSSR count). The van der Waals surface area contributed by atoms with Gasteiger partial charge in [0.2, 0.25) is 52.8 Å². The van der Waals surface area contributed by atoms with Crippen LogP contribution in [0, 0.1) is 89.4 Å². The van der Waals surface area contributed by atoms with Crippen LogP contribution >= 0.6 is 0 Å². The maximum atomic E-state index is 14.7. The molecule has 0 aliphatic carbocycles. The summed E-state index contributed by atoms with van der Waals surface area (Å²) in [4.78, 5) is 158. The Labute approximate surface area is 622 Å². The van der Waals surface area contributed by atoms with E-state index < -0.39 is 142 Å². The number of hydrogen-bond acceptors (Lipinski definition) is 15. The number of ketones is 3. The van der Waals surface area contributed by atoms with E-state index in [9.17, 15) is 70.3 Å². The van der Waals surface area contributed by atoms with Gasteiger partial charge in [-0.15, -0.1) is 0 Å². The maximum absolute atomic E-state index is 14.7. The van der Waals surface area contributed by atoms with Gasteiger partial charge in [-0.25, -0.2) is 13.6 Å². The number of amides is 8. The van der Waals surface area contributed by atoms with E-state index in [0.717, 1.165) is 12.5 Å². The van der Waals surface area contributed by atoms with E-state index in [1.165, 1.54) is 19.1 Å². The summed E-state index contributed by atoms with van der Waals surface area (Å²) >= 11 is 0. The highest BCUT2D eigenvalue weighted by Gasteiger charge is 2.45. The fourth-order valence-corrected chi connectivity index (χ4v) is 14.9. The van der Waals surface area contributed by atoms with E-state index in [4.69, 9.17) is 19.9 Å². The second-order valence-electron chi connectivity index (χ2n) is 30.2. The molecule has 0 saturated carbocycles. The number of urea groups is 1. The molecule has 0 radical (unpaired) electrons. The van der Waals surface area contributed by atoms with Crippen LogP contribution in [-0.4, -0.2) is 182 Å². The molecule has 13 atom stereocenters. The molecule has 23 nitrogen and oxygen atoms in total. The van der Waals surface area contributed by atoms with Gasteiger partial charge in [0.15, 0.2) is 23.2 Å². The van der Waals surface area contributed by atoms with Crippen molar-refractivity contribution in [2.75, 3.05) is 66.9 Å². The van der Waals surface area contributed by atoms with Gasteiger partial charge in [0.05, 0.1) is 48.7 Å². The van der Waals surface area contributed by atoms with Gasteiger partial charge in [-0.2, -0.15) is 8.78 Å². The van der Waals surface area contributed by atoms with Crippen LogP contribution in [0.4, 0.5) is 28.0 Å². The van der Waals surface area contributed by atoms with Crippen LogP contribution in [0.25, 0.3) is 0 Å². The molecule has 2 heterocycles. The number of likely N-dealkylation sites (tertiary alicyclic amines) is 2. The Hall–Kier alpha value is -8.17. The summed E-state index contributed by atoms with van der Waals surface area (Å²) in [5.41, 5.74) is 6.22. The molecule has 2 unspecified atom stereocenters. The van der Waals surface area contributed by atoms with Crippen LogP contribution in [0.1, 0.15) is 163 Å². The number of carbonyl (C=O) groups excluding carboxylic acids is 11. The highest BCUT2D eigenvalue weighted by atomic mass is 19.2. The number of likely N-dealkylation sites (N-methyl/N-ethyl adjacent to an activating group) is 2. The third-order valence-corrected chi connectivity index (χ3v) is 21.2. The number of esters is 1. The van der Waals surface area contributed by atoms with Gasteiger partial charge in [-0.05, 0) is 112 Å². The molecule has 0 aromatic heterocycles. The number of benzene rings is 3. The number of carbonyl (C=O) groups is 11. The molecule has 3 aromatic rings. The smallest absolute Gasteiger partial charge is 0.314 e. The molecule has 2 fully saturated rings. The van der Waals surface area contributed by atoms with Crippen molar-refractivity contribution < 1.29 is 84.5 Å². The minimum atomic E-state index is -1.85. The van der Waals surface area contributed by atoms with E-state index in [0.29, 0.717) is 37.1 Å². The lowest BCUT2D eigenvalue weighted by molar-refractivity contribution is -0.149. The molecule has 27 heteroatoms. The first-order chi connectivity index (χ1) is 50.0. The number of Topliss-reactive ketones (excluding diaryl/α,β-unsaturated/α-hetero) is 3. The summed E-state index contributed by atoms with van der Waals surface area (Å²) in [6.07, 6.45) is 0.00368. The second kappa shape index (κ2) is 41.8. The number of halogens is 4. The van der Waals surface area contributed by atoms with Crippen molar-refractivity contribution in [1.82, 2.24) is 35.6 Å². The summed E-state index contributed by atoms with van der Waals surface area (Å²) in [5.74, 6) is -18.2. The molecule has 6 N–H and O–H groups in total. The van der Waals surface area contributed by atoms with E-state index >= 15 is 0 Å². The van der Waals surface area contributed by atoms with Gasteiger partial charge in [0, 0.05) is 121 Å². The van der Waals surface area contributed by atoms with Crippen LogP contribution in [0.2, 0.25) is 0 Å². The van der Waals surface area contributed by atoms with Gasteiger partial charge < -0.3 is 55.9 Å². The molecule has 106 heavy (non-hydrogen) atoms. The molecule has 588 valence electrons. The molecule has 2 aliphatic heterocycles. The lowest BCUT2D eigenvalue weighted by Gasteiger charge is -2.41. The first kappa shape index (κ1) is 88.5. The lowest BCUT2D eigenvalue weighted by Crippen LogP contribution is -2.54. The molecular weight excluding hydrogens is 1370 g/mol. The minimum absolute atomic E-state index is 0.00125. The fourth-order valence-electron chi connectivity index (χ4n) is 14.9. The summed E-state index contributed by atoms with van der Waals surface area (Å²) in [7, 11) is 8.53. The van der Waals surface area contributed by atoms with E-state index in [-0.39, 0.29) is 143 Å². The number of nitrogens with two attached hydrogens (primary N) is 1. The van der Waals surface area contributed by atoms with E-state index in [1.807, 2.05) is 90.9 Å². The number of anilines is 1. The number of nitrogens with one attached hydrogen (secondary N) is 4. The number of piperidine rings is 1. The average Bonchev–Trinajstić information content (AvgIpc) is 0.888. The Morgan fingerprint density at radius 2 is 1.31 bits per heavy atom. The zero-order chi connectivity index (χ0) is 79.1. The predicted octanol–water partition coefficient (Wildman–Crippen LogP) is 9.70. The highest BCUT2D eigenvalue weighted by molar-refractivity contribution is 5.98. The van der Waals surface area contributed by atoms with Crippen LogP contribution in [0.5, 0.6) is 5.75 Å². The van der Waals surface area contributed by atoms with Crippen LogP contribution < -0.4 is 31.7 Å². The van der Waals surface area contributed by atoms with Crippen LogP contribution in [-0.2, 0) is 70.4 Å². The first-order valence-corrected chi connectivity index (χ1v) is 37.2. The number of methoxy groups -OCH3 is 2. The van der Waals surface area contributed by atoms with Crippen LogP contribution in [0.3, 0.4) is 0 Å². The monoisotopic (exact) mass is 1490 g/mol. The van der Waals surface area contributed by atoms with Gasteiger partial charge in [-0.3, -0.25) is 52.8 Å². The molecule has 2 aliphatic rings. The summed E-state index contributed by atoms with van der Waals surface area (Å²) in [6, 6.07) is 12.8. The molecule has 0 bridgehead atoms. The molecular formula is C79H115F4N9O14. The van der Waals surface area contributed by atoms with Gasteiger partial charge in [-0.1, -0.05) is 118 Å². The lowest BCUT2D eigenvalue weighted by atomic mass is 9.83. The summed E-state index contributed by atoms with van der Waals surface area (Å²) in [6.45, 7) is 20.0. The number of rotatable bonds is 41. The molecule has 8 amide bonds. The Morgan fingerprint density at radius 1 is 0.679 bits per heavy atom. The van der Waals surface area contributed by atoms with Crippen molar-refractivity contribution in [1.29, 1.82) is 0 Å². The Balaban J connectivity index is 1.20. The normalized spacial score (nSPS) is 18.2. The number of ether oxygens (including phenoxy) is 3. The Kier molecular flexibility index (Phi) is 34.9. The molecule has 2 saturated heterocycles. The SMILES string of the molecule is CC[C@H](C)[C@@H]([C@@H](CC(=O)N1CCC[C@H]1[C@H](OC)[C@@H](C)C(=O)C[C@@H](Cc1ccccc1)C(=O)NCc1ccc(NC(=O)[C@H](CCCNC(N)=O)CC(=O)[C@@H](NC(=O)CCC(=O)N2CCC(C(=O)Oc3c(F)c(F)c(C)c(F)c3F)C(C)C2)C(C)C)cc1)OC)N(C)C(=O)[C@@H](CC(=O)[C@H](C(C)C)N(C)C)C(C)C. The third-order valence-electron chi connectivity index (χ3n) is 21.2. The largest absolute Gasteiger partial charge is 0.420 e. The molecule has 3 aromatic carbocycles. The van der Waals surface area contributed by atoms with Crippen molar-refractivity contribution in [3.8, 4) is 5.75 Å². The maximum Gasteiger partial charge on any atom is 0.314 e. The average molecular weight is 1490 g/mol. The standard InChI is InChI=1S/C79H115F4N9O14/c1-17-47(8)72(90(14)77(101)57(44(2)3)40-61(95)71(46(6)7)89(12)13)62(104-15)41-65(98)92-35-22-26-58(92)73(105-16)49(10)59(93)39-54(37-51-23-19-18-20-24-51)75(99)86-42-52-27-29-55(30-28-52)87-76(100)53(25-21-34-85-79(84)103)38-60(94)70(45(4)5)88-63(96)31-32-64(97)91-36-33-56(48(9)43-91)78(102)106-74-68(82)66(80)50(11)67(81)69(74)83/h18-20,23-24,27-30,44-49,53-54,56-58,62,70-73H,17,21-22,25-26,31-43H2,1-16H3,(H,86,99)(H,87,100)(H,88,96)(H3,84,85,103)/t47-,48?,49-,53+,54+,56?,57-,58-,62+,70-,71-,72-,73+/m0/s1. The number of primary amides is 1. The van der Waals surface area contributed by atoms with Crippen molar-refractivity contribution in [2.24, 2.45) is 64.9 Å². The zero-order valence-corrected chi connectivity index (χ0v) is 64.8. The van der Waals surface area contributed by atoms with Crippen molar-refractivity contribution in [2.45, 2.75) is 203 Å². The van der Waals surface area contributed by atoms with Crippen LogP contribution in [0.15, 0.2) is 54.6 Å². The van der Waals surface area contributed by atoms with Crippen molar-refractivity contribution in [3.05, 3.63) is 94.6 Å². The number of hydrogen-bond donors (Lipinski definition) is 5. The van der Waals surface area contributed by atoms with Gasteiger partial charge in [0.1, 0.15) is 5.78 Å². The summed E-state index contributed by atoms with van der Waals surface area (Å²) in [5, 5.41) is 11.1.